The summed E-state index contributed by atoms with van der Waals surface area (Å²) in [5.74, 6) is -0.906. The normalized spacial score (nSPS) is 26.6. The van der Waals surface area contributed by atoms with Gasteiger partial charge in [0.05, 0.1) is 30.0 Å². The number of aliphatic hydroxyl groups is 1. The van der Waals surface area contributed by atoms with E-state index in [2.05, 4.69) is 10.6 Å². The SMILES string of the molecule is O=C(C[C@H]1CC=CC[C@H](Cc2ccccc2)C(=O)OC[C@H](CC2CCCCC2)NC1=O)NC1(CO)CCCC1. The highest BCUT2D eigenvalue weighted by atomic mass is 16.5. The average molecular weight is 539 g/mol. The molecule has 2 saturated carbocycles. The molecular formula is C32H46N2O5. The first-order valence-electron chi connectivity index (χ1n) is 15.0. The van der Waals surface area contributed by atoms with Crippen LogP contribution < -0.4 is 10.6 Å². The van der Waals surface area contributed by atoms with E-state index in [1.54, 1.807) is 0 Å². The van der Waals surface area contributed by atoms with Gasteiger partial charge in [0.15, 0.2) is 0 Å². The Morgan fingerprint density at radius 1 is 0.974 bits per heavy atom. The van der Waals surface area contributed by atoms with Crippen molar-refractivity contribution >= 4 is 17.8 Å². The van der Waals surface area contributed by atoms with Crippen LogP contribution in [-0.4, -0.2) is 47.7 Å². The van der Waals surface area contributed by atoms with Crippen molar-refractivity contribution in [2.45, 2.75) is 101 Å². The van der Waals surface area contributed by atoms with E-state index >= 15 is 0 Å². The van der Waals surface area contributed by atoms with Crippen molar-refractivity contribution in [1.29, 1.82) is 0 Å². The summed E-state index contributed by atoms with van der Waals surface area (Å²) in [7, 11) is 0. The van der Waals surface area contributed by atoms with Crippen molar-refractivity contribution in [1.82, 2.24) is 10.6 Å². The van der Waals surface area contributed by atoms with Crippen LogP contribution in [0.3, 0.4) is 0 Å². The second-order valence-electron chi connectivity index (χ2n) is 12.0. The van der Waals surface area contributed by atoms with Crippen molar-refractivity contribution in [2.24, 2.45) is 17.8 Å². The third-order valence-electron chi connectivity index (χ3n) is 8.85. The summed E-state index contributed by atoms with van der Waals surface area (Å²) in [5, 5.41) is 16.1. The standard InChI is InChI=1S/C32H46N2O5/c35-23-32(17-9-10-18-32)34-29(36)21-26-15-7-8-16-27(19-24-11-3-1-4-12-24)31(38)39-22-28(33-30(26)37)20-25-13-5-2-6-14-25/h1,3-4,7-8,11-12,25-28,35H,2,5-6,9-10,13-23H2,(H,33,37)(H,34,36)/t26-,27-,28+/m1/s1. The largest absolute Gasteiger partial charge is 0.463 e. The smallest absolute Gasteiger partial charge is 0.309 e. The lowest BCUT2D eigenvalue weighted by atomic mass is 9.84. The van der Waals surface area contributed by atoms with Crippen molar-refractivity contribution in [3.05, 3.63) is 48.0 Å². The summed E-state index contributed by atoms with van der Waals surface area (Å²) in [6.07, 6.45) is 15.7. The predicted octanol–water partition coefficient (Wildman–Crippen LogP) is 4.62. The molecule has 0 aromatic heterocycles. The van der Waals surface area contributed by atoms with E-state index in [4.69, 9.17) is 4.74 Å². The van der Waals surface area contributed by atoms with E-state index in [0.717, 1.165) is 50.5 Å². The zero-order chi connectivity index (χ0) is 27.5. The fourth-order valence-electron chi connectivity index (χ4n) is 6.52. The second kappa shape index (κ2) is 14.6. The van der Waals surface area contributed by atoms with Gasteiger partial charge in [0.2, 0.25) is 11.8 Å². The number of amides is 2. The monoisotopic (exact) mass is 538 g/mol. The molecule has 3 atom stereocenters. The maximum Gasteiger partial charge on any atom is 0.309 e. The quantitative estimate of drug-likeness (QED) is 0.331. The number of allylic oxidation sites excluding steroid dienone is 2. The molecule has 39 heavy (non-hydrogen) atoms. The molecule has 4 rings (SSSR count). The van der Waals surface area contributed by atoms with E-state index in [1.165, 1.54) is 19.3 Å². The predicted molar refractivity (Wildman–Crippen MR) is 151 cm³/mol. The molecule has 3 aliphatic rings. The van der Waals surface area contributed by atoms with E-state index in [0.29, 0.717) is 25.2 Å². The molecule has 3 N–H and O–H groups in total. The van der Waals surface area contributed by atoms with Crippen LogP contribution in [0.5, 0.6) is 0 Å². The lowest BCUT2D eigenvalue weighted by Gasteiger charge is -2.30. The van der Waals surface area contributed by atoms with E-state index < -0.39 is 11.5 Å². The molecule has 2 aliphatic carbocycles. The van der Waals surface area contributed by atoms with Gasteiger partial charge in [-0.1, -0.05) is 87.4 Å². The van der Waals surface area contributed by atoms with Gasteiger partial charge in [0.25, 0.3) is 0 Å². The number of ether oxygens (including phenoxy) is 1. The minimum Gasteiger partial charge on any atom is -0.463 e. The third kappa shape index (κ3) is 8.92. The minimum absolute atomic E-state index is 0.0707. The van der Waals surface area contributed by atoms with Gasteiger partial charge in [-0.3, -0.25) is 14.4 Å². The van der Waals surface area contributed by atoms with Gasteiger partial charge in [0.1, 0.15) is 6.61 Å². The lowest BCUT2D eigenvalue weighted by molar-refractivity contribution is -0.150. The number of hydrogen-bond acceptors (Lipinski definition) is 5. The number of rotatable bonds is 8. The summed E-state index contributed by atoms with van der Waals surface area (Å²) in [6, 6.07) is 9.70. The molecule has 1 heterocycles. The summed E-state index contributed by atoms with van der Waals surface area (Å²) in [5.41, 5.74) is 0.531. The zero-order valence-electron chi connectivity index (χ0n) is 23.2. The molecule has 0 bridgehead atoms. The summed E-state index contributed by atoms with van der Waals surface area (Å²) < 4.78 is 5.84. The average Bonchev–Trinajstić information content (AvgIpc) is 3.41. The van der Waals surface area contributed by atoms with Gasteiger partial charge in [-0.05, 0) is 50.0 Å². The lowest BCUT2D eigenvalue weighted by Crippen LogP contribution is -2.50. The fraction of sp³-hybridized carbons (Fsp3) is 0.656. The van der Waals surface area contributed by atoms with Crippen LogP contribution in [0.1, 0.15) is 89.0 Å². The van der Waals surface area contributed by atoms with Gasteiger partial charge in [-0.15, -0.1) is 0 Å². The topological polar surface area (TPSA) is 105 Å². The first kappa shape index (κ1) is 29.3. The Labute approximate surface area is 233 Å². The van der Waals surface area contributed by atoms with Crippen LogP contribution in [0.2, 0.25) is 0 Å². The Morgan fingerprint density at radius 2 is 1.67 bits per heavy atom. The van der Waals surface area contributed by atoms with Crippen LogP contribution in [0.4, 0.5) is 0 Å². The molecule has 0 unspecified atom stereocenters. The fourth-order valence-corrected chi connectivity index (χ4v) is 6.52. The van der Waals surface area contributed by atoms with Crippen molar-refractivity contribution in [2.75, 3.05) is 13.2 Å². The molecule has 0 saturated heterocycles. The van der Waals surface area contributed by atoms with Gasteiger partial charge in [-0.25, -0.2) is 0 Å². The molecule has 0 radical (unpaired) electrons. The third-order valence-corrected chi connectivity index (χ3v) is 8.85. The van der Waals surface area contributed by atoms with Crippen LogP contribution in [0.25, 0.3) is 0 Å². The molecule has 1 aliphatic heterocycles. The molecular weight excluding hydrogens is 492 g/mol. The minimum atomic E-state index is -0.558. The number of aliphatic hydroxyl groups excluding tert-OH is 1. The van der Waals surface area contributed by atoms with E-state index in [-0.39, 0.29) is 49.4 Å². The number of esters is 1. The highest BCUT2D eigenvalue weighted by Crippen LogP contribution is 2.30. The Morgan fingerprint density at radius 3 is 2.36 bits per heavy atom. The molecule has 0 spiro atoms. The van der Waals surface area contributed by atoms with Gasteiger partial charge < -0.3 is 20.5 Å². The Bertz CT molecular complexity index is 966. The maximum absolute atomic E-state index is 13.5. The maximum atomic E-state index is 13.5. The highest BCUT2D eigenvalue weighted by Gasteiger charge is 2.36. The number of carbonyl (C=O) groups excluding carboxylic acids is 3. The van der Waals surface area contributed by atoms with Crippen molar-refractivity contribution < 1.29 is 24.2 Å². The van der Waals surface area contributed by atoms with Crippen LogP contribution in [0.15, 0.2) is 42.5 Å². The van der Waals surface area contributed by atoms with E-state index in [1.807, 2.05) is 42.5 Å². The molecule has 7 heteroatoms. The van der Waals surface area contributed by atoms with Crippen LogP contribution >= 0.6 is 0 Å². The molecule has 1 aromatic carbocycles. The van der Waals surface area contributed by atoms with Crippen molar-refractivity contribution in [3.8, 4) is 0 Å². The van der Waals surface area contributed by atoms with Crippen LogP contribution in [-0.2, 0) is 25.5 Å². The molecule has 7 nitrogen and oxygen atoms in total. The van der Waals surface area contributed by atoms with Crippen molar-refractivity contribution in [3.63, 3.8) is 0 Å². The Hall–Kier alpha value is -2.67. The molecule has 214 valence electrons. The number of carbonyl (C=O) groups is 3. The molecule has 2 fully saturated rings. The number of nitrogens with one attached hydrogen (secondary N) is 2. The number of benzene rings is 1. The second-order valence-corrected chi connectivity index (χ2v) is 12.0. The number of cyclic esters (lactones) is 1. The van der Waals surface area contributed by atoms with Gasteiger partial charge in [-0.2, -0.15) is 0 Å². The van der Waals surface area contributed by atoms with Crippen LogP contribution in [0, 0.1) is 17.8 Å². The Kier molecular flexibility index (Phi) is 11.0. The highest BCUT2D eigenvalue weighted by molar-refractivity contribution is 5.86. The Balaban J connectivity index is 1.48. The number of hydrogen-bond donors (Lipinski definition) is 3. The molecule has 2 amide bonds. The van der Waals surface area contributed by atoms with Gasteiger partial charge in [0, 0.05) is 6.42 Å². The summed E-state index contributed by atoms with van der Waals surface area (Å²) in [4.78, 5) is 39.7. The summed E-state index contributed by atoms with van der Waals surface area (Å²) in [6.45, 7) is 0.0791. The van der Waals surface area contributed by atoms with Gasteiger partial charge >= 0.3 is 5.97 Å². The van der Waals surface area contributed by atoms with E-state index in [9.17, 15) is 19.5 Å². The first-order chi connectivity index (χ1) is 19.0. The molecule has 1 aromatic rings. The first-order valence-corrected chi connectivity index (χ1v) is 15.0. The summed E-state index contributed by atoms with van der Waals surface area (Å²) >= 11 is 0. The zero-order valence-corrected chi connectivity index (χ0v) is 23.2.